The van der Waals surface area contributed by atoms with Crippen molar-refractivity contribution >= 4 is 50.8 Å². The number of carboxylic acids is 1. The van der Waals surface area contributed by atoms with Crippen molar-refractivity contribution in [3.63, 3.8) is 0 Å². The van der Waals surface area contributed by atoms with Crippen molar-refractivity contribution < 1.29 is 27.9 Å². The van der Waals surface area contributed by atoms with Gasteiger partial charge in [-0.05, 0) is 66.8 Å². The number of nitrogens with zero attached hydrogens (tertiary/aromatic N) is 3. The molecule has 1 N–H and O–H groups in total. The Labute approximate surface area is 266 Å². The number of carbonyl (C=O) groups is 2. The van der Waals surface area contributed by atoms with E-state index >= 15 is 0 Å². The van der Waals surface area contributed by atoms with Gasteiger partial charge in [-0.15, -0.1) is 0 Å². The van der Waals surface area contributed by atoms with Crippen molar-refractivity contribution in [1.82, 2.24) is 4.90 Å². The number of nitriles is 1. The third-order valence-electron chi connectivity index (χ3n) is 7.96. The Bertz CT molecular complexity index is 1690. The Morgan fingerprint density at radius 3 is 2.39 bits per heavy atom. The lowest BCUT2D eigenvalue weighted by atomic mass is 9.89. The Morgan fingerprint density at radius 1 is 1.07 bits per heavy atom. The molecule has 1 saturated heterocycles. The molecule has 1 amide bonds. The summed E-state index contributed by atoms with van der Waals surface area (Å²) in [6.07, 6.45) is -1.43. The number of amides is 1. The van der Waals surface area contributed by atoms with Crippen LogP contribution in [0, 0.1) is 11.3 Å². The summed E-state index contributed by atoms with van der Waals surface area (Å²) in [6, 6.07) is 20.9. The van der Waals surface area contributed by atoms with Gasteiger partial charge in [0.05, 0.1) is 41.6 Å². The first-order chi connectivity index (χ1) is 21.0. The minimum atomic E-state index is -3.88. The number of carbonyl (C=O) groups excluding carboxylic acids is 1. The molecule has 230 valence electrons. The molecule has 1 aliphatic heterocycles. The predicted molar refractivity (Wildman–Crippen MR) is 167 cm³/mol. The number of benzene rings is 3. The molecule has 0 bridgehead atoms. The van der Waals surface area contributed by atoms with Crippen molar-refractivity contribution in [3.8, 4) is 6.07 Å². The molecule has 0 radical (unpaired) electrons. The molecule has 2 fully saturated rings. The molecule has 1 saturated carbocycles. The molecule has 4 atom stereocenters. The van der Waals surface area contributed by atoms with Crippen LogP contribution in [0.25, 0.3) is 0 Å². The summed E-state index contributed by atoms with van der Waals surface area (Å²) in [5, 5.41) is 19.9. The van der Waals surface area contributed by atoms with Gasteiger partial charge in [-0.1, -0.05) is 66.5 Å². The predicted octanol–water partition coefficient (Wildman–Crippen LogP) is 6.13. The number of halogens is 2. The number of ether oxygens (including phenoxy) is 1. The Kier molecular flexibility index (Phi) is 9.51. The first kappa shape index (κ1) is 31.8. The van der Waals surface area contributed by atoms with Gasteiger partial charge in [0.15, 0.2) is 0 Å². The van der Waals surface area contributed by atoms with E-state index < -0.39 is 57.9 Å². The highest BCUT2D eigenvalue weighted by Gasteiger charge is 2.49. The van der Waals surface area contributed by atoms with Crippen molar-refractivity contribution in [3.05, 3.63) is 99.5 Å². The van der Waals surface area contributed by atoms with Gasteiger partial charge in [0.25, 0.3) is 5.91 Å². The standard InChI is InChI=1S/C32H31Cl2N3O6S/c1-2-25(19-36(44(41,42)26-14-15-26)27-9-4-3-6-22(27)18-35)37-30(20-10-12-23(33)13-11-20)31(21-7-5-8-24(34)16-21)43-28(32(37)40)17-29(38)39/h3-13,16,25-26,28,30-31H,2,14-15,17,19H2,1H3,(H,38,39)/t25-,28+,30?,31+/m0/s1. The van der Waals surface area contributed by atoms with E-state index in [2.05, 4.69) is 6.07 Å². The van der Waals surface area contributed by atoms with Crippen molar-refractivity contribution in [2.24, 2.45) is 0 Å². The van der Waals surface area contributed by atoms with Crippen LogP contribution in [0.1, 0.15) is 61.4 Å². The maximum Gasteiger partial charge on any atom is 0.306 e. The number of hydrogen-bond donors (Lipinski definition) is 1. The molecule has 3 aromatic carbocycles. The molecule has 2 aliphatic rings. The van der Waals surface area contributed by atoms with E-state index in [1.807, 2.05) is 6.92 Å². The molecular weight excluding hydrogens is 625 g/mol. The SMILES string of the molecule is CC[C@@H](CN(c1ccccc1C#N)S(=O)(=O)C1CC1)N1C(=O)[C@@H](CC(=O)O)O[C@H](c2cccc(Cl)c2)C1c1ccc(Cl)cc1. The minimum absolute atomic E-state index is 0.147. The summed E-state index contributed by atoms with van der Waals surface area (Å²) in [5.41, 5.74) is 1.71. The van der Waals surface area contributed by atoms with E-state index in [-0.39, 0.29) is 17.8 Å². The second-order valence-corrected chi connectivity index (χ2v) is 13.9. The van der Waals surface area contributed by atoms with Gasteiger partial charge < -0.3 is 14.7 Å². The molecule has 3 aromatic rings. The fourth-order valence-electron chi connectivity index (χ4n) is 5.68. The summed E-state index contributed by atoms with van der Waals surface area (Å²) in [4.78, 5) is 27.7. The topological polar surface area (TPSA) is 128 Å². The Hall–Kier alpha value is -3.62. The van der Waals surface area contributed by atoms with Crippen LogP contribution in [0.5, 0.6) is 0 Å². The van der Waals surface area contributed by atoms with Gasteiger partial charge in [0.2, 0.25) is 10.0 Å². The molecule has 1 aliphatic carbocycles. The molecule has 0 spiro atoms. The quantitative estimate of drug-likeness (QED) is 0.263. The van der Waals surface area contributed by atoms with Gasteiger partial charge in [0.1, 0.15) is 18.3 Å². The van der Waals surface area contributed by atoms with Crippen LogP contribution in [0.2, 0.25) is 10.0 Å². The van der Waals surface area contributed by atoms with Crippen LogP contribution in [0.4, 0.5) is 5.69 Å². The molecule has 9 nitrogen and oxygen atoms in total. The van der Waals surface area contributed by atoms with Crippen molar-refractivity contribution in [2.75, 3.05) is 10.8 Å². The van der Waals surface area contributed by atoms with Gasteiger partial charge in [0, 0.05) is 10.0 Å². The fraction of sp³-hybridized carbons (Fsp3) is 0.344. The monoisotopic (exact) mass is 655 g/mol. The second kappa shape index (κ2) is 13.2. The molecule has 12 heteroatoms. The lowest BCUT2D eigenvalue weighted by Crippen LogP contribution is -2.58. The van der Waals surface area contributed by atoms with Crippen molar-refractivity contribution in [1.29, 1.82) is 5.26 Å². The maximum atomic E-state index is 14.3. The molecule has 1 heterocycles. The minimum Gasteiger partial charge on any atom is -0.481 e. The number of morpholine rings is 1. The summed E-state index contributed by atoms with van der Waals surface area (Å²) in [5.74, 6) is -1.79. The summed E-state index contributed by atoms with van der Waals surface area (Å²) in [7, 11) is -3.88. The second-order valence-electron chi connectivity index (χ2n) is 10.9. The number of carboxylic acid groups (broad SMARTS) is 1. The molecule has 44 heavy (non-hydrogen) atoms. The van der Waals surface area contributed by atoms with E-state index in [0.29, 0.717) is 40.4 Å². The van der Waals surface area contributed by atoms with Crippen LogP contribution in [0.15, 0.2) is 72.8 Å². The number of hydrogen-bond acceptors (Lipinski definition) is 6. The first-order valence-electron chi connectivity index (χ1n) is 14.3. The first-order valence-corrected chi connectivity index (χ1v) is 16.5. The van der Waals surface area contributed by atoms with E-state index in [1.165, 1.54) is 4.31 Å². The summed E-state index contributed by atoms with van der Waals surface area (Å²) in [6.45, 7) is 1.69. The van der Waals surface area contributed by atoms with Crippen LogP contribution in [-0.4, -0.2) is 54.2 Å². The summed E-state index contributed by atoms with van der Waals surface area (Å²) < 4.78 is 35.3. The highest BCUT2D eigenvalue weighted by molar-refractivity contribution is 7.93. The number of sulfonamides is 1. The molecule has 0 aromatic heterocycles. The number of para-hydroxylation sites is 1. The van der Waals surface area contributed by atoms with Gasteiger partial charge in [-0.3, -0.25) is 13.9 Å². The fourth-order valence-corrected chi connectivity index (χ4v) is 7.91. The average molecular weight is 657 g/mol. The lowest BCUT2D eigenvalue weighted by Gasteiger charge is -2.48. The molecule has 1 unspecified atom stereocenters. The molecular formula is C32H31Cl2N3O6S. The third kappa shape index (κ3) is 6.57. The smallest absolute Gasteiger partial charge is 0.306 e. The van der Waals surface area contributed by atoms with E-state index in [9.17, 15) is 28.4 Å². The van der Waals surface area contributed by atoms with E-state index in [1.54, 1.807) is 77.7 Å². The van der Waals surface area contributed by atoms with Crippen LogP contribution in [-0.2, 0) is 24.3 Å². The average Bonchev–Trinajstić information content (AvgIpc) is 3.86. The largest absolute Gasteiger partial charge is 0.481 e. The van der Waals surface area contributed by atoms with Gasteiger partial charge in [-0.25, -0.2) is 8.42 Å². The maximum absolute atomic E-state index is 14.3. The van der Waals surface area contributed by atoms with Crippen LogP contribution in [0.3, 0.4) is 0 Å². The van der Waals surface area contributed by atoms with E-state index in [4.69, 9.17) is 27.9 Å². The van der Waals surface area contributed by atoms with Crippen LogP contribution >= 0.6 is 23.2 Å². The zero-order valence-electron chi connectivity index (χ0n) is 23.8. The number of anilines is 1. The zero-order chi connectivity index (χ0) is 31.6. The molecule has 5 rings (SSSR count). The lowest BCUT2D eigenvalue weighted by molar-refractivity contribution is -0.183. The highest BCUT2D eigenvalue weighted by atomic mass is 35.5. The zero-order valence-corrected chi connectivity index (χ0v) is 26.2. The van der Waals surface area contributed by atoms with E-state index in [0.717, 1.165) is 0 Å². The Morgan fingerprint density at radius 2 is 1.77 bits per heavy atom. The third-order valence-corrected chi connectivity index (χ3v) is 10.7. The van der Waals surface area contributed by atoms with Gasteiger partial charge in [-0.2, -0.15) is 5.26 Å². The normalized spacial score (nSPS) is 21.0. The number of aliphatic carboxylic acids is 1. The Balaban J connectivity index is 1.67. The summed E-state index contributed by atoms with van der Waals surface area (Å²) >= 11 is 12.6. The van der Waals surface area contributed by atoms with Gasteiger partial charge >= 0.3 is 5.97 Å². The number of rotatable bonds is 11. The highest BCUT2D eigenvalue weighted by Crippen LogP contribution is 2.45. The van der Waals surface area contributed by atoms with Crippen LogP contribution < -0.4 is 4.31 Å². The van der Waals surface area contributed by atoms with Crippen molar-refractivity contribution in [2.45, 2.75) is 62.1 Å².